The lowest BCUT2D eigenvalue weighted by Crippen LogP contribution is -2.58. The molecule has 1 rings (SSSR count). The first-order valence-electron chi connectivity index (χ1n) is 9.80. The molecule has 0 N–H and O–H groups in total. The Morgan fingerprint density at radius 2 is 1.40 bits per heavy atom. The van der Waals surface area contributed by atoms with Gasteiger partial charge in [-0.15, -0.1) is 0 Å². The monoisotopic (exact) mass is 350 g/mol. The molecule has 0 saturated heterocycles. The molecule has 0 bridgehead atoms. The van der Waals surface area contributed by atoms with Crippen molar-refractivity contribution < 1.29 is 4.42 Å². The van der Waals surface area contributed by atoms with E-state index in [0.29, 0.717) is 6.04 Å². The molecule has 0 aliphatic rings. The van der Waals surface area contributed by atoms with E-state index in [1.54, 1.807) is 0 Å². The highest BCUT2D eigenvalue weighted by atomic mass is 16.3. The van der Waals surface area contributed by atoms with E-state index in [0.717, 1.165) is 31.0 Å². The number of furan rings is 1. The van der Waals surface area contributed by atoms with Crippen LogP contribution >= 0.6 is 0 Å². The summed E-state index contributed by atoms with van der Waals surface area (Å²) < 4.78 is 6.22. The minimum atomic E-state index is 0.0377. The molecule has 0 atom stereocenters. The molecule has 1 aromatic rings. The largest absolute Gasteiger partial charge is 0.465 e. The van der Waals surface area contributed by atoms with Crippen LogP contribution in [0, 0.1) is 0 Å². The Labute approximate surface area is 156 Å². The topological polar surface area (TPSA) is 19.6 Å². The maximum atomic E-state index is 6.22. The van der Waals surface area contributed by atoms with Gasteiger partial charge in [0.25, 0.3) is 0 Å². The number of nitrogens with zero attached hydrogens (tertiary/aromatic N) is 2. The predicted molar refractivity (Wildman–Crippen MR) is 109 cm³/mol. The summed E-state index contributed by atoms with van der Waals surface area (Å²) in [5.41, 5.74) is 0.315. The van der Waals surface area contributed by atoms with Crippen LogP contribution in [0.2, 0.25) is 0 Å². The zero-order chi connectivity index (χ0) is 19.6. The van der Waals surface area contributed by atoms with Gasteiger partial charge in [0.05, 0.1) is 6.54 Å². The molecule has 0 spiro atoms. The minimum Gasteiger partial charge on any atom is -0.465 e. The number of hydrogen-bond donors (Lipinski definition) is 0. The van der Waals surface area contributed by atoms with Gasteiger partial charge in [0.2, 0.25) is 0 Å². The van der Waals surface area contributed by atoms with E-state index in [-0.39, 0.29) is 16.6 Å². The molecule has 0 amide bonds. The molecule has 0 aliphatic carbocycles. The molecular weight excluding hydrogens is 308 g/mol. The van der Waals surface area contributed by atoms with Crippen molar-refractivity contribution in [3.8, 4) is 0 Å². The van der Waals surface area contributed by atoms with Crippen LogP contribution in [0.25, 0.3) is 0 Å². The molecule has 0 fully saturated rings. The van der Waals surface area contributed by atoms with E-state index in [1.807, 2.05) is 0 Å². The van der Waals surface area contributed by atoms with Crippen LogP contribution in [0.15, 0.2) is 16.5 Å². The Kier molecular flexibility index (Phi) is 6.97. The molecule has 0 saturated carbocycles. The van der Waals surface area contributed by atoms with Crippen molar-refractivity contribution in [1.82, 2.24) is 9.80 Å². The van der Waals surface area contributed by atoms with Gasteiger partial charge in [-0.05, 0) is 87.9 Å². The normalized spacial score (nSPS) is 14.2. The average molecular weight is 351 g/mol. The SMILES string of the molecule is CCN(Cc1ccc(CC(C)(C)N(C(C)C)C(C)(C)C)o1)C(C)(C)C. The summed E-state index contributed by atoms with van der Waals surface area (Å²) in [5.74, 6) is 2.15. The maximum Gasteiger partial charge on any atom is 0.118 e. The first kappa shape index (κ1) is 22.2. The van der Waals surface area contributed by atoms with Crippen LogP contribution in [0.1, 0.15) is 87.7 Å². The van der Waals surface area contributed by atoms with E-state index in [9.17, 15) is 0 Å². The summed E-state index contributed by atoms with van der Waals surface area (Å²) in [7, 11) is 0. The second-order valence-corrected chi connectivity index (χ2v) is 10.2. The van der Waals surface area contributed by atoms with E-state index < -0.39 is 0 Å². The third kappa shape index (κ3) is 6.14. The van der Waals surface area contributed by atoms with Gasteiger partial charge in [-0.3, -0.25) is 9.80 Å². The lowest BCUT2D eigenvalue weighted by Gasteiger charge is -2.49. The summed E-state index contributed by atoms with van der Waals surface area (Å²) >= 11 is 0. The van der Waals surface area contributed by atoms with Crippen LogP contribution in [-0.2, 0) is 13.0 Å². The third-order valence-corrected chi connectivity index (χ3v) is 4.89. The summed E-state index contributed by atoms with van der Waals surface area (Å²) in [5, 5.41) is 0. The predicted octanol–water partition coefficient (Wildman–Crippen LogP) is 5.73. The zero-order valence-electron chi connectivity index (χ0n) is 18.7. The number of hydrogen-bond acceptors (Lipinski definition) is 3. The zero-order valence-corrected chi connectivity index (χ0v) is 18.7. The summed E-state index contributed by atoms with van der Waals surface area (Å²) in [6, 6.07) is 4.80. The van der Waals surface area contributed by atoms with Gasteiger partial charge in [0.15, 0.2) is 0 Å². The Morgan fingerprint density at radius 1 is 0.880 bits per heavy atom. The van der Waals surface area contributed by atoms with E-state index in [2.05, 4.69) is 98.1 Å². The van der Waals surface area contributed by atoms with Gasteiger partial charge in [-0.2, -0.15) is 0 Å². The molecule has 0 aromatic carbocycles. The summed E-state index contributed by atoms with van der Waals surface area (Å²) in [6.07, 6.45) is 0.921. The molecule has 3 heteroatoms. The van der Waals surface area contributed by atoms with Crippen LogP contribution in [0.4, 0.5) is 0 Å². The van der Waals surface area contributed by atoms with E-state index in [4.69, 9.17) is 4.42 Å². The highest BCUT2D eigenvalue weighted by molar-refractivity contribution is 5.11. The van der Waals surface area contributed by atoms with Gasteiger partial charge in [0, 0.05) is 29.1 Å². The van der Waals surface area contributed by atoms with Gasteiger partial charge in [0.1, 0.15) is 11.5 Å². The third-order valence-electron chi connectivity index (χ3n) is 4.89. The van der Waals surface area contributed by atoms with Crippen molar-refractivity contribution >= 4 is 0 Å². The fourth-order valence-electron chi connectivity index (χ4n) is 4.51. The first-order chi connectivity index (χ1) is 11.2. The van der Waals surface area contributed by atoms with Crippen molar-refractivity contribution in [2.24, 2.45) is 0 Å². The average Bonchev–Trinajstić information content (AvgIpc) is 2.77. The van der Waals surface area contributed by atoms with Gasteiger partial charge < -0.3 is 4.42 Å². The molecule has 1 heterocycles. The highest BCUT2D eigenvalue weighted by Crippen LogP contribution is 2.31. The quantitative estimate of drug-likeness (QED) is 0.626. The van der Waals surface area contributed by atoms with Crippen LogP contribution < -0.4 is 0 Å². The maximum absolute atomic E-state index is 6.22. The standard InChI is InChI=1S/C22H42N2O/c1-12-23(20(4,5)6)16-19-14-13-18(25-19)15-22(10,11)24(17(2)3)21(7,8)9/h13-14,17H,12,15-16H2,1-11H3. The van der Waals surface area contributed by atoms with Crippen molar-refractivity contribution in [3.63, 3.8) is 0 Å². The molecule has 0 radical (unpaired) electrons. The van der Waals surface area contributed by atoms with Gasteiger partial charge in [-0.25, -0.2) is 0 Å². The van der Waals surface area contributed by atoms with E-state index >= 15 is 0 Å². The molecule has 3 nitrogen and oxygen atoms in total. The minimum absolute atomic E-state index is 0.0377. The Morgan fingerprint density at radius 3 is 1.80 bits per heavy atom. The van der Waals surface area contributed by atoms with Crippen molar-refractivity contribution in [3.05, 3.63) is 23.7 Å². The summed E-state index contributed by atoms with van der Waals surface area (Å²) in [4.78, 5) is 5.03. The molecule has 0 aliphatic heterocycles. The Hall–Kier alpha value is -0.800. The van der Waals surface area contributed by atoms with Crippen LogP contribution in [0.3, 0.4) is 0 Å². The first-order valence-corrected chi connectivity index (χ1v) is 9.80. The molecule has 0 unspecified atom stereocenters. The molecular formula is C22H42N2O. The molecule has 1 aromatic heterocycles. The Bertz CT molecular complexity index is 529. The molecule has 146 valence electrons. The lowest BCUT2D eigenvalue weighted by atomic mass is 9.89. The second-order valence-electron chi connectivity index (χ2n) is 10.2. The van der Waals surface area contributed by atoms with Gasteiger partial charge in [-0.1, -0.05) is 6.92 Å². The lowest BCUT2D eigenvalue weighted by molar-refractivity contribution is -0.00515. The van der Waals surface area contributed by atoms with Crippen molar-refractivity contribution in [2.45, 2.75) is 112 Å². The fourth-order valence-corrected chi connectivity index (χ4v) is 4.51. The highest BCUT2D eigenvalue weighted by Gasteiger charge is 2.37. The van der Waals surface area contributed by atoms with Crippen LogP contribution in [-0.4, -0.2) is 39.0 Å². The van der Waals surface area contributed by atoms with Crippen LogP contribution in [0.5, 0.6) is 0 Å². The number of rotatable bonds is 7. The van der Waals surface area contributed by atoms with E-state index in [1.165, 1.54) is 0 Å². The van der Waals surface area contributed by atoms with Gasteiger partial charge >= 0.3 is 0 Å². The summed E-state index contributed by atoms with van der Waals surface area (Å²) in [6.45, 7) is 27.0. The smallest absolute Gasteiger partial charge is 0.118 e. The van der Waals surface area contributed by atoms with Crippen molar-refractivity contribution in [1.29, 1.82) is 0 Å². The molecule has 25 heavy (non-hydrogen) atoms. The Balaban J connectivity index is 2.92. The second kappa shape index (κ2) is 7.84. The van der Waals surface area contributed by atoms with Crippen molar-refractivity contribution in [2.75, 3.05) is 6.54 Å². The fraction of sp³-hybridized carbons (Fsp3) is 0.818.